The molecule has 1 unspecified atom stereocenters. The molecule has 1 N–H and O–H groups in total. The quantitative estimate of drug-likeness (QED) is 0.818. The second-order valence-corrected chi connectivity index (χ2v) is 7.91. The highest BCUT2D eigenvalue weighted by Crippen LogP contribution is 2.41. The summed E-state index contributed by atoms with van der Waals surface area (Å²) in [5, 5.41) is 3.28. The summed E-state index contributed by atoms with van der Waals surface area (Å²) in [4.78, 5) is 31.3. The number of benzene rings is 1. The molecule has 2 heterocycles. The van der Waals surface area contributed by atoms with Crippen molar-refractivity contribution in [2.24, 2.45) is 11.8 Å². The zero-order valence-electron chi connectivity index (χ0n) is 16.7. The first-order valence-corrected chi connectivity index (χ1v) is 10.3. The summed E-state index contributed by atoms with van der Waals surface area (Å²) in [6, 6.07) is 11.6. The molecule has 6 heteroatoms. The van der Waals surface area contributed by atoms with Crippen LogP contribution in [-0.4, -0.2) is 41.9 Å². The number of hydrogen-bond donors (Lipinski definition) is 1. The highest BCUT2D eigenvalue weighted by Gasteiger charge is 2.35. The Morgan fingerprint density at radius 3 is 2.41 bits per heavy atom. The summed E-state index contributed by atoms with van der Waals surface area (Å²) in [7, 11) is 1.65. The number of pyridine rings is 1. The van der Waals surface area contributed by atoms with Gasteiger partial charge >= 0.3 is 0 Å². The number of ether oxygens (including phenoxy) is 1. The van der Waals surface area contributed by atoms with E-state index < -0.39 is 0 Å². The van der Waals surface area contributed by atoms with E-state index in [1.807, 2.05) is 29.2 Å². The summed E-state index contributed by atoms with van der Waals surface area (Å²) < 4.78 is 5.24. The van der Waals surface area contributed by atoms with E-state index in [9.17, 15) is 9.59 Å². The minimum Gasteiger partial charge on any atom is -0.497 e. The highest BCUT2D eigenvalue weighted by atomic mass is 16.5. The van der Waals surface area contributed by atoms with E-state index in [2.05, 4.69) is 10.3 Å². The van der Waals surface area contributed by atoms with Crippen LogP contribution in [-0.2, 0) is 4.79 Å². The summed E-state index contributed by atoms with van der Waals surface area (Å²) in [6.45, 7) is 1.20. The number of methoxy groups -OCH3 is 1. The van der Waals surface area contributed by atoms with Gasteiger partial charge in [-0.05, 0) is 61.4 Å². The third-order valence-corrected chi connectivity index (χ3v) is 5.93. The maximum Gasteiger partial charge on any atom is 0.255 e. The van der Waals surface area contributed by atoms with Crippen LogP contribution in [0, 0.1) is 11.8 Å². The summed E-state index contributed by atoms with van der Waals surface area (Å²) >= 11 is 0. The third kappa shape index (κ3) is 4.58. The monoisotopic (exact) mass is 393 g/mol. The second kappa shape index (κ2) is 8.64. The van der Waals surface area contributed by atoms with Gasteiger partial charge in [-0.1, -0.05) is 12.1 Å². The molecule has 2 aromatic rings. The molecule has 0 bridgehead atoms. The molecule has 4 rings (SSSR count). The standard InChI is InChI=1S/C23H27N3O3/c1-29-20-8-6-17(7-9-20)21(16-4-5-16)25-22(27)18-10-13-26(14-11-18)23(28)19-3-2-12-24-15-19/h2-3,6-9,12,15-16,18,21H,4-5,10-11,13-14H2,1H3,(H,25,27). The van der Waals surface area contributed by atoms with Crippen molar-refractivity contribution in [3.8, 4) is 5.75 Å². The molecule has 1 saturated heterocycles. The topological polar surface area (TPSA) is 71.5 Å². The molecule has 1 aliphatic heterocycles. The number of carbonyl (C=O) groups excluding carboxylic acids is 2. The van der Waals surface area contributed by atoms with Crippen molar-refractivity contribution in [3.05, 3.63) is 59.9 Å². The lowest BCUT2D eigenvalue weighted by Crippen LogP contribution is -2.44. The molecule has 1 saturated carbocycles. The van der Waals surface area contributed by atoms with E-state index in [0.29, 0.717) is 37.4 Å². The third-order valence-electron chi connectivity index (χ3n) is 5.93. The van der Waals surface area contributed by atoms with Gasteiger partial charge in [-0.2, -0.15) is 0 Å². The Morgan fingerprint density at radius 1 is 1.10 bits per heavy atom. The van der Waals surface area contributed by atoms with E-state index in [-0.39, 0.29) is 23.8 Å². The van der Waals surface area contributed by atoms with Crippen LogP contribution < -0.4 is 10.1 Å². The van der Waals surface area contributed by atoms with Gasteiger partial charge in [0.2, 0.25) is 5.91 Å². The van der Waals surface area contributed by atoms with E-state index in [1.165, 1.54) is 0 Å². The molecule has 1 aromatic carbocycles. The molecule has 6 nitrogen and oxygen atoms in total. The Hall–Kier alpha value is -2.89. The molecule has 2 fully saturated rings. The van der Waals surface area contributed by atoms with E-state index >= 15 is 0 Å². The molecule has 152 valence electrons. The van der Waals surface area contributed by atoms with Gasteiger partial charge in [0.05, 0.1) is 18.7 Å². The predicted octanol–water partition coefficient (Wildman–Crippen LogP) is 3.21. The largest absolute Gasteiger partial charge is 0.497 e. The molecule has 2 aliphatic rings. The van der Waals surface area contributed by atoms with Gasteiger partial charge in [-0.15, -0.1) is 0 Å². The lowest BCUT2D eigenvalue weighted by atomic mass is 9.94. The van der Waals surface area contributed by atoms with Crippen molar-refractivity contribution in [1.82, 2.24) is 15.2 Å². The second-order valence-electron chi connectivity index (χ2n) is 7.91. The molecular formula is C23H27N3O3. The fourth-order valence-electron chi connectivity index (χ4n) is 4.00. The normalized spacial score (nSPS) is 18.2. The molecule has 29 heavy (non-hydrogen) atoms. The number of nitrogens with zero attached hydrogens (tertiary/aromatic N) is 2. The summed E-state index contributed by atoms with van der Waals surface area (Å²) in [5.74, 6) is 1.38. The number of rotatable bonds is 6. The van der Waals surface area contributed by atoms with E-state index in [1.54, 1.807) is 31.6 Å². The van der Waals surface area contributed by atoms with Crippen LogP contribution in [0.3, 0.4) is 0 Å². The number of likely N-dealkylation sites (tertiary alicyclic amines) is 1. The van der Waals surface area contributed by atoms with Crippen molar-refractivity contribution < 1.29 is 14.3 Å². The van der Waals surface area contributed by atoms with Crippen molar-refractivity contribution in [3.63, 3.8) is 0 Å². The smallest absolute Gasteiger partial charge is 0.255 e. The number of aromatic nitrogens is 1. The molecular weight excluding hydrogens is 366 g/mol. The van der Waals surface area contributed by atoms with Crippen LogP contribution in [0.5, 0.6) is 5.75 Å². The van der Waals surface area contributed by atoms with Gasteiger partial charge in [0.15, 0.2) is 0 Å². The average molecular weight is 393 g/mol. The van der Waals surface area contributed by atoms with E-state index in [4.69, 9.17) is 4.74 Å². The van der Waals surface area contributed by atoms with Crippen molar-refractivity contribution >= 4 is 11.8 Å². The predicted molar refractivity (Wildman–Crippen MR) is 109 cm³/mol. The van der Waals surface area contributed by atoms with Crippen molar-refractivity contribution in [2.45, 2.75) is 31.7 Å². The maximum absolute atomic E-state index is 12.9. The number of hydrogen-bond acceptors (Lipinski definition) is 4. The molecule has 0 radical (unpaired) electrons. The average Bonchev–Trinajstić information content (AvgIpc) is 3.63. The van der Waals surface area contributed by atoms with Gasteiger partial charge in [-0.3, -0.25) is 14.6 Å². The minimum atomic E-state index is -0.0487. The molecule has 1 aromatic heterocycles. The zero-order chi connectivity index (χ0) is 20.2. The first-order valence-electron chi connectivity index (χ1n) is 10.3. The van der Waals surface area contributed by atoms with Gasteiger partial charge in [-0.25, -0.2) is 0 Å². The van der Waals surface area contributed by atoms with Crippen LogP contribution in [0.1, 0.15) is 47.6 Å². The van der Waals surface area contributed by atoms with Gasteiger partial charge < -0.3 is 15.0 Å². The Labute approximate surface area is 171 Å². The Balaban J connectivity index is 1.34. The van der Waals surface area contributed by atoms with Crippen LogP contribution in [0.2, 0.25) is 0 Å². The van der Waals surface area contributed by atoms with Crippen LogP contribution in [0.15, 0.2) is 48.8 Å². The zero-order valence-corrected chi connectivity index (χ0v) is 16.7. The number of carbonyl (C=O) groups is 2. The Morgan fingerprint density at radius 2 is 1.83 bits per heavy atom. The molecule has 1 atom stereocenters. The summed E-state index contributed by atoms with van der Waals surface area (Å²) in [5.41, 5.74) is 1.73. The number of piperidine rings is 1. The van der Waals surface area contributed by atoms with Gasteiger partial charge in [0.1, 0.15) is 5.75 Å². The fraction of sp³-hybridized carbons (Fsp3) is 0.435. The SMILES string of the molecule is COc1ccc(C(NC(=O)C2CCN(C(=O)c3cccnc3)CC2)C2CC2)cc1. The van der Waals surface area contributed by atoms with Gasteiger partial charge in [0, 0.05) is 31.4 Å². The first kappa shape index (κ1) is 19.4. The van der Waals surface area contributed by atoms with Crippen molar-refractivity contribution in [1.29, 1.82) is 0 Å². The Bertz CT molecular complexity index is 841. The first-order chi connectivity index (χ1) is 14.2. The van der Waals surface area contributed by atoms with Crippen molar-refractivity contribution in [2.75, 3.05) is 20.2 Å². The summed E-state index contributed by atoms with van der Waals surface area (Å²) in [6.07, 6.45) is 6.93. The lowest BCUT2D eigenvalue weighted by Gasteiger charge is -2.32. The maximum atomic E-state index is 12.9. The number of amides is 2. The van der Waals surface area contributed by atoms with E-state index in [0.717, 1.165) is 24.2 Å². The minimum absolute atomic E-state index is 0.00829. The molecule has 0 spiro atoms. The lowest BCUT2D eigenvalue weighted by molar-refractivity contribution is -0.127. The fourth-order valence-corrected chi connectivity index (χ4v) is 4.00. The van der Waals surface area contributed by atoms with Gasteiger partial charge in [0.25, 0.3) is 5.91 Å². The Kier molecular flexibility index (Phi) is 5.79. The molecule has 2 amide bonds. The van der Waals surface area contributed by atoms with Crippen LogP contribution >= 0.6 is 0 Å². The molecule has 1 aliphatic carbocycles. The van der Waals surface area contributed by atoms with Crippen LogP contribution in [0.25, 0.3) is 0 Å². The highest BCUT2D eigenvalue weighted by molar-refractivity contribution is 5.94. The number of nitrogens with one attached hydrogen (secondary N) is 1. The van der Waals surface area contributed by atoms with Crippen LogP contribution in [0.4, 0.5) is 0 Å².